The van der Waals surface area contributed by atoms with Crippen molar-refractivity contribution < 1.29 is 26.4 Å². The van der Waals surface area contributed by atoms with Crippen molar-refractivity contribution in [3.05, 3.63) is 58.7 Å². The second-order valence-electron chi connectivity index (χ2n) is 6.31. The van der Waals surface area contributed by atoms with Gasteiger partial charge in [0.2, 0.25) is 10.0 Å². The van der Waals surface area contributed by atoms with Crippen molar-refractivity contribution in [1.82, 2.24) is 13.4 Å². The van der Waals surface area contributed by atoms with Gasteiger partial charge in [0.25, 0.3) is 5.91 Å². The van der Waals surface area contributed by atoms with Crippen molar-refractivity contribution in [3.63, 3.8) is 0 Å². The van der Waals surface area contributed by atoms with Gasteiger partial charge in [0.05, 0.1) is 12.6 Å². The maximum atomic E-state index is 12.8. The molecule has 0 fully saturated rings. The lowest BCUT2D eigenvalue weighted by Gasteiger charge is -2.13. The van der Waals surface area contributed by atoms with Gasteiger partial charge in [0.1, 0.15) is 16.3 Å². The highest BCUT2D eigenvalue weighted by Crippen LogP contribution is 2.27. The molecule has 10 nitrogen and oxygen atoms in total. The smallest absolute Gasteiger partial charge is 0.306 e. The number of ether oxygens (including phenoxy) is 1. The molecule has 0 saturated carbocycles. The van der Waals surface area contributed by atoms with Gasteiger partial charge in [-0.25, -0.2) is 17.1 Å². The van der Waals surface area contributed by atoms with E-state index in [1.807, 2.05) is 0 Å². The predicted molar refractivity (Wildman–Crippen MR) is 119 cm³/mol. The number of halogens is 1. The molecule has 166 valence electrons. The fourth-order valence-corrected chi connectivity index (χ4v) is 5.98. The molecular formula is C18H19BrN4O6S2. The first-order valence-electron chi connectivity index (χ1n) is 8.80. The molecule has 0 aliphatic rings. The minimum Gasteiger partial charge on any atom is -0.495 e. The van der Waals surface area contributed by atoms with Gasteiger partial charge in [-0.15, -0.1) is 0 Å². The number of hydrogen-bond acceptors (Lipinski definition) is 6. The number of primary amides is 1. The molecule has 1 heterocycles. The van der Waals surface area contributed by atoms with Crippen LogP contribution < -0.4 is 19.9 Å². The Labute approximate surface area is 187 Å². The number of sulfonamides is 1. The Morgan fingerprint density at radius 3 is 2.42 bits per heavy atom. The van der Waals surface area contributed by atoms with Crippen LogP contribution in [-0.4, -0.2) is 46.9 Å². The summed E-state index contributed by atoms with van der Waals surface area (Å²) in [5.74, 6) is -0.773. The van der Waals surface area contributed by atoms with E-state index in [4.69, 9.17) is 10.5 Å². The Kier molecular flexibility index (Phi) is 6.71. The average Bonchev–Trinajstić information content (AvgIpc) is 3.12. The molecule has 1 aromatic heterocycles. The maximum Gasteiger partial charge on any atom is 0.306 e. The van der Waals surface area contributed by atoms with Gasteiger partial charge >= 0.3 is 10.2 Å². The molecule has 4 N–H and O–H groups in total. The highest BCUT2D eigenvalue weighted by molar-refractivity contribution is 9.10. The van der Waals surface area contributed by atoms with Crippen molar-refractivity contribution in [2.75, 3.05) is 20.2 Å². The van der Waals surface area contributed by atoms with Crippen LogP contribution in [0.25, 0.3) is 10.9 Å². The van der Waals surface area contributed by atoms with E-state index in [0.717, 1.165) is 3.97 Å². The number of nitrogens with zero attached hydrogens (tertiary/aromatic N) is 1. The molecular weight excluding hydrogens is 512 g/mol. The number of para-hydroxylation sites is 1. The van der Waals surface area contributed by atoms with Crippen LogP contribution in [-0.2, 0) is 20.2 Å². The number of nitrogens with one attached hydrogen (secondary N) is 2. The summed E-state index contributed by atoms with van der Waals surface area (Å²) >= 11 is 3.21. The number of rotatable bonds is 9. The Balaban J connectivity index is 1.77. The number of fused-ring (bicyclic) bond motifs is 1. The molecule has 0 unspecified atom stereocenters. The normalized spacial score (nSPS) is 12.2. The van der Waals surface area contributed by atoms with Gasteiger partial charge in [0.15, 0.2) is 0 Å². The van der Waals surface area contributed by atoms with Crippen LogP contribution in [0.5, 0.6) is 5.75 Å². The Bertz CT molecular complexity index is 1350. The average molecular weight is 531 g/mol. The second kappa shape index (κ2) is 8.96. The lowest BCUT2D eigenvalue weighted by Crippen LogP contribution is -2.38. The molecule has 13 heteroatoms. The number of carbonyl (C=O) groups excluding carboxylic acids is 1. The summed E-state index contributed by atoms with van der Waals surface area (Å²) in [5, 5.41) is 0.518. The van der Waals surface area contributed by atoms with Crippen LogP contribution in [0, 0.1) is 0 Å². The van der Waals surface area contributed by atoms with E-state index in [1.165, 1.54) is 31.4 Å². The number of benzene rings is 2. The zero-order chi connectivity index (χ0) is 22.8. The fraction of sp³-hybridized carbons (Fsp3) is 0.167. The van der Waals surface area contributed by atoms with Crippen LogP contribution in [0.1, 0.15) is 10.5 Å². The summed E-state index contributed by atoms with van der Waals surface area (Å²) in [6.45, 7) is -0.523. The largest absolute Gasteiger partial charge is 0.495 e. The number of aromatic nitrogens is 1. The molecule has 0 saturated heterocycles. The van der Waals surface area contributed by atoms with E-state index in [9.17, 15) is 21.6 Å². The minimum absolute atomic E-state index is 0.0975. The van der Waals surface area contributed by atoms with Crippen molar-refractivity contribution in [1.29, 1.82) is 0 Å². The van der Waals surface area contributed by atoms with Crippen molar-refractivity contribution in [2.45, 2.75) is 4.90 Å². The lowest BCUT2D eigenvalue weighted by molar-refractivity contribution is 0.0995. The van der Waals surface area contributed by atoms with E-state index < -0.39 is 26.1 Å². The Morgan fingerprint density at radius 2 is 1.74 bits per heavy atom. The molecule has 0 spiro atoms. The van der Waals surface area contributed by atoms with Crippen molar-refractivity contribution in [2.24, 2.45) is 5.73 Å². The molecule has 0 aliphatic carbocycles. The van der Waals surface area contributed by atoms with Gasteiger partial charge in [-0.05, 0) is 30.3 Å². The van der Waals surface area contributed by atoms with E-state index in [1.54, 1.807) is 24.3 Å². The molecule has 2 aromatic carbocycles. The monoisotopic (exact) mass is 530 g/mol. The molecule has 3 aromatic rings. The van der Waals surface area contributed by atoms with Gasteiger partial charge in [-0.3, -0.25) is 4.79 Å². The van der Waals surface area contributed by atoms with Crippen LogP contribution >= 0.6 is 15.9 Å². The topological polar surface area (TPSA) is 150 Å². The third-order valence-electron chi connectivity index (χ3n) is 4.28. The third kappa shape index (κ3) is 4.91. The summed E-state index contributed by atoms with van der Waals surface area (Å²) in [6.07, 6.45) is 0. The molecule has 0 radical (unpaired) electrons. The van der Waals surface area contributed by atoms with Gasteiger partial charge in [-0.2, -0.15) is 13.1 Å². The quantitative estimate of drug-likeness (QED) is 0.353. The minimum atomic E-state index is -4.22. The van der Waals surface area contributed by atoms with Gasteiger partial charge in [0, 0.05) is 22.9 Å². The summed E-state index contributed by atoms with van der Waals surface area (Å²) < 4.78 is 61.8. The molecule has 3 rings (SSSR count). The van der Waals surface area contributed by atoms with Crippen LogP contribution in [0.15, 0.2) is 57.9 Å². The van der Waals surface area contributed by atoms with Crippen LogP contribution in [0.2, 0.25) is 0 Å². The summed E-state index contributed by atoms with van der Waals surface area (Å²) in [7, 11) is -6.86. The van der Waals surface area contributed by atoms with E-state index in [-0.39, 0.29) is 34.9 Å². The number of nitrogens with two attached hydrogens (primary N) is 1. The maximum absolute atomic E-state index is 12.8. The molecule has 31 heavy (non-hydrogen) atoms. The molecule has 0 atom stereocenters. The van der Waals surface area contributed by atoms with Crippen molar-refractivity contribution in [3.8, 4) is 5.75 Å². The fourth-order valence-electron chi connectivity index (χ4n) is 2.93. The third-order valence-corrected chi connectivity index (χ3v) is 7.69. The van der Waals surface area contributed by atoms with Gasteiger partial charge in [-0.1, -0.05) is 34.1 Å². The highest BCUT2D eigenvalue weighted by atomic mass is 79.9. The van der Waals surface area contributed by atoms with Gasteiger partial charge < -0.3 is 10.5 Å². The van der Waals surface area contributed by atoms with Crippen LogP contribution in [0.3, 0.4) is 0 Å². The molecule has 0 aliphatic heterocycles. The van der Waals surface area contributed by atoms with E-state index in [0.29, 0.717) is 9.86 Å². The number of methoxy groups -OCH3 is 1. The lowest BCUT2D eigenvalue weighted by atomic mass is 10.2. The highest BCUT2D eigenvalue weighted by Gasteiger charge is 2.24. The molecule has 1 amide bonds. The number of carbonyl (C=O) groups is 1. The second-order valence-corrected chi connectivity index (χ2v) is 10.6. The molecule has 0 bridgehead atoms. The van der Waals surface area contributed by atoms with E-state index >= 15 is 0 Å². The van der Waals surface area contributed by atoms with E-state index in [2.05, 4.69) is 25.4 Å². The zero-order valence-electron chi connectivity index (χ0n) is 16.2. The van der Waals surface area contributed by atoms with Crippen molar-refractivity contribution >= 4 is 53.0 Å². The summed E-state index contributed by atoms with van der Waals surface area (Å²) in [4.78, 5) is 11.6. The Morgan fingerprint density at radius 1 is 1.06 bits per heavy atom. The predicted octanol–water partition coefficient (Wildman–Crippen LogP) is 1.17. The Hall–Kier alpha value is -2.45. The first kappa shape index (κ1) is 23.2. The summed E-state index contributed by atoms with van der Waals surface area (Å²) in [5.41, 5.74) is 5.38. The summed E-state index contributed by atoms with van der Waals surface area (Å²) in [6, 6.07) is 12.4. The first-order chi connectivity index (χ1) is 14.6. The number of hydrogen-bond donors (Lipinski definition) is 3. The number of amides is 1. The standard InChI is InChI=1S/C18H19BrN4O6S2/c1-29-16-7-6-13(19)11-17(16)30(25,26)21-8-9-22-31(27,28)23-14-5-3-2-4-12(14)10-15(23)18(20)24/h2-7,10-11,21-22H,8-9H2,1H3,(H2,20,24). The van der Waals surface area contributed by atoms with Crippen LogP contribution in [0.4, 0.5) is 0 Å². The first-order valence-corrected chi connectivity index (χ1v) is 12.5. The zero-order valence-corrected chi connectivity index (χ0v) is 19.4. The SMILES string of the molecule is COc1ccc(Br)cc1S(=O)(=O)NCCNS(=O)(=O)n1c(C(N)=O)cc2ccccc21.